The van der Waals surface area contributed by atoms with E-state index in [4.69, 9.17) is 3.87 Å². The lowest BCUT2D eigenvalue weighted by Crippen LogP contribution is -2.41. The highest BCUT2D eigenvalue weighted by Gasteiger charge is 2.37. The van der Waals surface area contributed by atoms with Crippen LogP contribution in [0.1, 0.15) is 0 Å². The molecule has 0 spiro atoms. The van der Waals surface area contributed by atoms with Gasteiger partial charge in [0, 0.05) is 0 Å². The van der Waals surface area contributed by atoms with Gasteiger partial charge in [-0.3, -0.25) is 0 Å². The minimum Gasteiger partial charge on any atom is -0.321 e. The summed E-state index contributed by atoms with van der Waals surface area (Å²) in [4.78, 5) is 0. The summed E-state index contributed by atoms with van der Waals surface area (Å²) in [5.41, 5.74) is 0. The Hall–Kier alpha value is 0.344. The molecule has 0 saturated carbocycles. The second-order valence-corrected chi connectivity index (χ2v) is 20.0. The number of rotatable bonds is 3. The van der Waals surface area contributed by atoms with Crippen LogP contribution in [0, 0.1) is 0 Å². The molecule has 0 aromatic rings. The first kappa shape index (κ1) is 12.3. The van der Waals surface area contributed by atoms with E-state index in [2.05, 4.69) is 0 Å². The maximum Gasteiger partial charge on any atom is 0.220 e. The molecule has 0 rings (SSSR count). The highest BCUT2D eigenvalue weighted by atomic mass is 32.4. The van der Waals surface area contributed by atoms with E-state index in [0.29, 0.717) is 0 Å². The lowest BCUT2D eigenvalue weighted by molar-refractivity contribution is 0.500. The maximum absolute atomic E-state index is 11.5. The second kappa shape index (κ2) is 3.24. The van der Waals surface area contributed by atoms with E-state index in [1.807, 2.05) is 19.6 Å². The van der Waals surface area contributed by atoms with E-state index >= 15 is 0 Å². The molecule has 0 aliphatic heterocycles. The van der Waals surface area contributed by atoms with Crippen molar-refractivity contribution in [2.45, 2.75) is 39.3 Å². The molecule has 0 N–H and O–H groups in total. The van der Waals surface area contributed by atoms with Crippen molar-refractivity contribution in [3.05, 3.63) is 0 Å². The summed E-state index contributed by atoms with van der Waals surface area (Å²) in [6.07, 6.45) is 0. The summed E-state index contributed by atoms with van der Waals surface area (Å²) in [6.45, 7) is 11.0. The SMILES string of the molecule is C[Si](C)(C)OS(=O)(=O)[Si](C)(C)C. The van der Waals surface area contributed by atoms with Crippen molar-refractivity contribution in [2.24, 2.45) is 0 Å². The van der Waals surface area contributed by atoms with E-state index < -0.39 is 25.1 Å². The van der Waals surface area contributed by atoms with Gasteiger partial charge in [0.25, 0.3) is 0 Å². The summed E-state index contributed by atoms with van der Waals surface area (Å²) >= 11 is 0. The van der Waals surface area contributed by atoms with Crippen LogP contribution in [0.2, 0.25) is 39.3 Å². The molecular formula is C6H18O3SSi2. The standard InChI is InChI=1S/C6H18O3SSi2/c1-11(2,3)9-10(7,8)12(4,5)6/h1-6H3. The Morgan fingerprint density at radius 2 is 1.25 bits per heavy atom. The molecular weight excluding hydrogens is 208 g/mol. The molecule has 0 radical (unpaired) electrons. The fourth-order valence-electron chi connectivity index (χ4n) is 0.454. The smallest absolute Gasteiger partial charge is 0.220 e. The molecule has 0 unspecified atom stereocenters. The Bertz CT molecular complexity index is 245. The molecule has 0 atom stereocenters. The predicted octanol–water partition coefficient (Wildman–Crippen LogP) is 2.00. The highest BCUT2D eigenvalue weighted by Crippen LogP contribution is 2.18. The quantitative estimate of drug-likeness (QED) is 0.691. The van der Waals surface area contributed by atoms with Crippen LogP contribution < -0.4 is 0 Å². The summed E-state index contributed by atoms with van der Waals surface area (Å²) in [7, 11) is -7.42. The third-order valence-corrected chi connectivity index (χ3v) is 10.7. The lowest BCUT2D eigenvalue weighted by atomic mass is 11.8. The fraction of sp³-hybridized carbons (Fsp3) is 1.00. The zero-order valence-corrected chi connectivity index (χ0v) is 11.4. The van der Waals surface area contributed by atoms with Crippen molar-refractivity contribution in [2.75, 3.05) is 0 Å². The van der Waals surface area contributed by atoms with Crippen molar-refractivity contribution < 1.29 is 12.3 Å². The number of hydrogen-bond donors (Lipinski definition) is 0. The van der Waals surface area contributed by atoms with Gasteiger partial charge in [-0.15, -0.1) is 0 Å². The summed E-state index contributed by atoms with van der Waals surface area (Å²) < 4.78 is 28.2. The summed E-state index contributed by atoms with van der Waals surface area (Å²) in [5, 5.41) is 0. The van der Waals surface area contributed by atoms with Gasteiger partial charge >= 0.3 is 0 Å². The first-order valence-electron chi connectivity index (χ1n) is 3.91. The van der Waals surface area contributed by atoms with Crippen LogP contribution in [0.5, 0.6) is 0 Å². The fourth-order valence-corrected chi connectivity index (χ4v) is 8.59. The van der Waals surface area contributed by atoms with Gasteiger partial charge in [0.2, 0.25) is 25.1 Å². The summed E-state index contributed by atoms with van der Waals surface area (Å²) in [5.74, 6) is 0. The van der Waals surface area contributed by atoms with Crippen LogP contribution in [0.3, 0.4) is 0 Å². The number of hydrogen-bond acceptors (Lipinski definition) is 3. The van der Waals surface area contributed by atoms with Crippen LogP contribution in [0.4, 0.5) is 0 Å². The molecule has 0 aliphatic carbocycles. The third-order valence-electron chi connectivity index (χ3n) is 1.11. The first-order valence-corrected chi connectivity index (χ1v) is 12.9. The van der Waals surface area contributed by atoms with Gasteiger partial charge in [0.15, 0.2) is 0 Å². The molecule has 6 heteroatoms. The maximum atomic E-state index is 11.5. The lowest BCUT2D eigenvalue weighted by Gasteiger charge is -2.23. The van der Waals surface area contributed by atoms with Gasteiger partial charge in [-0.1, -0.05) is 19.6 Å². The molecule has 0 bridgehead atoms. The first-order chi connectivity index (χ1) is 4.96. The minimum absolute atomic E-state index is 1.78. The van der Waals surface area contributed by atoms with Crippen LogP contribution in [-0.2, 0) is 13.4 Å². The van der Waals surface area contributed by atoms with Crippen LogP contribution in [0.25, 0.3) is 0 Å². The Balaban J connectivity index is 4.70. The average molecular weight is 226 g/mol. The molecule has 74 valence electrons. The molecule has 3 nitrogen and oxygen atoms in total. The van der Waals surface area contributed by atoms with Gasteiger partial charge in [-0.05, 0) is 19.6 Å². The van der Waals surface area contributed by atoms with Crippen LogP contribution >= 0.6 is 0 Å². The minimum atomic E-state index is -3.25. The van der Waals surface area contributed by atoms with Crippen molar-refractivity contribution in [1.82, 2.24) is 0 Å². The molecule has 0 fully saturated rings. The molecule has 12 heavy (non-hydrogen) atoms. The zero-order chi connectivity index (χ0) is 10.2. The molecule has 0 amide bonds. The van der Waals surface area contributed by atoms with E-state index in [0.717, 1.165) is 0 Å². The molecule has 0 heterocycles. The molecule has 0 saturated heterocycles. The Morgan fingerprint density at radius 3 is 1.33 bits per heavy atom. The van der Waals surface area contributed by atoms with E-state index in [1.165, 1.54) is 0 Å². The van der Waals surface area contributed by atoms with Crippen LogP contribution in [-0.4, -0.2) is 24.0 Å². The molecule has 0 aromatic carbocycles. The topological polar surface area (TPSA) is 43.4 Å². The van der Waals surface area contributed by atoms with Gasteiger partial charge in [0.05, 0.1) is 0 Å². The largest absolute Gasteiger partial charge is 0.321 e. The van der Waals surface area contributed by atoms with E-state index in [1.54, 1.807) is 19.6 Å². The monoisotopic (exact) mass is 226 g/mol. The summed E-state index contributed by atoms with van der Waals surface area (Å²) in [6, 6.07) is 0. The van der Waals surface area contributed by atoms with Gasteiger partial charge in [-0.25, -0.2) is 8.42 Å². The predicted molar refractivity (Wildman–Crippen MR) is 56.7 cm³/mol. The van der Waals surface area contributed by atoms with Crippen molar-refractivity contribution >= 4 is 25.1 Å². The Morgan fingerprint density at radius 1 is 0.917 bits per heavy atom. The van der Waals surface area contributed by atoms with Gasteiger partial charge < -0.3 is 3.87 Å². The second-order valence-electron chi connectivity index (χ2n) is 4.76. The van der Waals surface area contributed by atoms with Crippen molar-refractivity contribution in [3.8, 4) is 0 Å². The van der Waals surface area contributed by atoms with Crippen LogP contribution in [0.15, 0.2) is 0 Å². The van der Waals surface area contributed by atoms with Gasteiger partial charge in [0.1, 0.15) is 0 Å². The highest BCUT2D eigenvalue weighted by molar-refractivity contribution is 8.18. The van der Waals surface area contributed by atoms with Crippen molar-refractivity contribution in [3.63, 3.8) is 0 Å². The zero-order valence-electron chi connectivity index (χ0n) is 8.63. The van der Waals surface area contributed by atoms with E-state index in [-0.39, 0.29) is 0 Å². The van der Waals surface area contributed by atoms with E-state index in [9.17, 15) is 8.42 Å². The average Bonchev–Trinajstić information content (AvgIpc) is 1.52. The Labute approximate surface area is 77.0 Å². The Kier molecular flexibility index (Phi) is 3.34. The van der Waals surface area contributed by atoms with Gasteiger partial charge in [-0.2, -0.15) is 0 Å². The third kappa shape index (κ3) is 3.84. The molecule has 0 aliphatic rings. The normalized spacial score (nSPS) is 14.8. The molecule has 0 aromatic heterocycles. The van der Waals surface area contributed by atoms with Crippen molar-refractivity contribution in [1.29, 1.82) is 0 Å².